The Balaban J connectivity index is 2.68. The molecule has 21 heavy (non-hydrogen) atoms. The third kappa shape index (κ3) is 4.57. The van der Waals surface area contributed by atoms with Crippen LogP contribution in [0.25, 0.3) is 0 Å². The van der Waals surface area contributed by atoms with E-state index in [0.29, 0.717) is 0 Å². The van der Waals surface area contributed by atoms with Crippen LogP contribution in [0.5, 0.6) is 0 Å². The monoisotopic (exact) mass is 310 g/mol. The van der Waals surface area contributed by atoms with Gasteiger partial charge in [0, 0.05) is 18.6 Å². The van der Waals surface area contributed by atoms with E-state index in [1.165, 1.54) is 11.9 Å². The number of amides is 1. The minimum absolute atomic E-state index is 0.102. The van der Waals surface area contributed by atoms with Gasteiger partial charge in [0.25, 0.3) is 0 Å². The molecule has 1 aliphatic rings. The first-order valence-corrected chi connectivity index (χ1v) is 7.33. The van der Waals surface area contributed by atoms with Crippen molar-refractivity contribution in [3.05, 3.63) is 0 Å². The van der Waals surface area contributed by atoms with Gasteiger partial charge in [-0.15, -0.1) is 0 Å². The molecule has 0 aromatic heterocycles. The van der Waals surface area contributed by atoms with Gasteiger partial charge < -0.3 is 10.0 Å². The first kappa shape index (κ1) is 18.2. The molecule has 7 heteroatoms. The largest absolute Gasteiger partial charge is 0.415 e. The minimum atomic E-state index is -4.66. The molecule has 4 unspecified atom stereocenters. The van der Waals surface area contributed by atoms with Gasteiger partial charge in [-0.2, -0.15) is 13.2 Å². The molecular weight excluding hydrogens is 285 g/mol. The van der Waals surface area contributed by atoms with E-state index in [9.17, 15) is 18.0 Å². The number of nitrogens with zero attached hydrogens (tertiary/aromatic N) is 2. The van der Waals surface area contributed by atoms with Gasteiger partial charge >= 0.3 is 6.18 Å². The Hall–Kier alpha value is -0.820. The third-order valence-electron chi connectivity index (χ3n) is 4.31. The number of alkyl halides is 3. The fraction of sp³-hybridized carbons (Fsp3) is 0.929. The SMILES string of the molecule is CC(C(=O)N1C(C)CCCC1C)N(C)CC(O)C(F)(F)F. The number of carbonyl (C=O) groups excluding carboxylic acids is 1. The summed E-state index contributed by atoms with van der Waals surface area (Å²) in [6, 6.07) is -0.487. The maximum absolute atomic E-state index is 12.5. The fourth-order valence-corrected chi connectivity index (χ4v) is 2.79. The second-order valence-corrected chi connectivity index (χ2v) is 6.05. The highest BCUT2D eigenvalue weighted by atomic mass is 19.4. The molecule has 0 bridgehead atoms. The summed E-state index contributed by atoms with van der Waals surface area (Å²) in [5, 5.41) is 9.11. The lowest BCUT2D eigenvalue weighted by Crippen LogP contribution is -2.55. The van der Waals surface area contributed by atoms with Crippen LogP contribution < -0.4 is 0 Å². The van der Waals surface area contributed by atoms with Crippen LogP contribution in [-0.2, 0) is 4.79 Å². The number of halogens is 3. The van der Waals surface area contributed by atoms with Crippen LogP contribution in [0.3, 0.4) is 0 Å². The Kier molecular flexibility index (Phi) is 6.04. The molecule has 0 spiro atoms. The topological polar surface area (TPSA) is 43.8 Å². The highest BCUT2D eigenvalue weighted by Gasteiger charge is 2.40. The standard InChI is InChI=1S/C14H25F3N2O2/c1-9-6-5-7-10(2)19(9)13(21)11(3)18(4)8-12(20)14(15,16)17/h9-12,20H,5-8H2,1-4H3. The number of carbonyl (C=O) groups is 1. The zero-order valence-electron chi connectivity index (χ0n) is 13.0. The highest BCUT2D eigenvalue weighted by Crippen LogP contribution is 2.25. The maximum atomic E-state index is 12.5. The second kappa shape index (κ2) is 6.96. The van der Waals surface area contributed by atoms with Crippen molar-refractivity contribution < 1.29 is 23.1 Å². The number of likely N-dealkylation sites (tertiary alicyclic amines) is 1. The predicted molar refractivity (Wildman–Crippen MR) is 73.8 cm³/mol. The number of aliphatic hydroxyl groups is 1. The van der Waals surface area contributed by atoms with Crippen molar-refractivity contribution in [1.29, 1.82) is 0 Å². The lowest BCUT2D eigenvalue weighted by Gasteiger charge is -2.42. The van der Waals surface area contributed by atoms with Gasteiger partial charge in [0.1, 0.15) is 0 Å². The van der Waals surface area contributed by atoms with Gasteiger partial charge in [-0.25, -0.2) is 0 Å². The van der Waals surface area contributed by atoms with E-state index >= 15 is 0 Å². The van der Waals surface area contributed by atoms with Crippen LogP contribution in [0.2, 0.25) is 0 Å². The van der Waals surface area contributed by atoms with Crippen molar-refractivity contribution in [2.24, 2.45) is 0 Å². The molecule has 1 amide bonds. The van der Waals surface area contributed by atoms with Gasteiger partial charge in [-0.3, -0.25) is 9.69 Å². The summed E-state index contributed by atoms with van der Waals surface area (Å²) >= 11 is 0. The van der Waals surface area contributed by atoms with Crippen LogP contribution in [-0.4, -0.2) is 64.8 Å². The molecule has 1 saturated heterocycles. The quantitative estimate of drug-likeness (QED) is 0.864. The number of rotatable bonds is 4. The van der Waals surface area contributed by atoms with E-state index in [-0.39, 0.29) is 18.0 Å². The fourth-order valence-electron chi connectivity index (χ4n) is 2.79. The molecule has 0 radical (unpaired) electrons. The normalized spacial score (nSPS) is 26.8. The van der Waals surface area contributed by atoms with E-state index in [1.807, 2.05) is 13.8 Å². The molecule has 0 aliphatic carbocycles. The molecule has 4 atom stereocenters. The van der Waals surface area contributed by atoms with Crippen LogP contribution in [0, 0.1) is 0 Å². The molecule has 124 valence electrons. The van der Waals surface area contributed by atoms with Crippen LogP contribution in [0.1, 0.15) is 40.0 Å². The number of hydrogen-bond donors (Lipinski definition) is 1. The van der Waals surface area contributed by atoms with E-state index in [2.05, 4.69) is 0 Å². The van der Waals surface area contributed by atoms with Gasteiger partial charge in [-0.1, -0.05) is 0 Å². The number of likely N-dealkylation sites (N-methyl/N-ethyl adjacent to an activating group) is 1. The summed E-state index contributed by atoms with van der Waals surface area (Å²) < 4.78 is 37.1. The van der Waals surface area contributed by atoms with Crippen LogP contribution in [0.4, 0.5) is 13.2 Å². The van der Waals surface area contributed by atoms with E-state index < -0.39 is 24.9 Å². The van der Waals surface area contributed by atoms with Crippen molar-refractivity contribution in [1.82, 2.24) is 9.80 Å². The average molecular weight is 310 g/mol. The summed E-state index contributed by atoms with van der Waals surface area (Å²) in [4.78, 5) is 15.5. The first-order valence-electron chi connectivity index (χ1n) is 7.33. The van der Waals surface area contributed by atoms with Crippen molar-refractivity contribution >= 4 is 5.91 Å². The molecule has 1 N–H and O–H groups in total. The lowest BCUT2D eigenvalue weighted by atomic mass is 9.96. The smallest absolute Gasteiger partial charge is 0.382 e. The first-order chi connectivity index (χ1) is 9.55. The Morgan fingerprint density at radius 2 is 1.81 bits per heavy atom. The average Bonchev–Trinajstić information content (AvgIpc) is 2.36. The second-order valence-electron chi connectivity index (χ2n) is 6.05. The van der Waals surface area contributed by atoms with Gasteiger partial charge in [0.05, 0.1) is 6.04 Å². The molecule has 1 rings (SSSR count). The highest BCUT2D eigenvalue weighted by molar-refractivity contribution is 5.82. The van der Waals surface area contributed by atoms with Gasteiger partial charge in [0.2, 0.25) is 5.91 Å². The Labute approximate surface area is 123 Å². The molecule has 1 heterocycles. The van der Waals surface area contributed by atoms with Crippen molar-refractivity contribution in [3.8, 4) is 0 Å². The molecule has 1 aliphatic heterocycles. The molecule has 0 saturated carbocycles. The molecule has 0 aromatic rings. The Morgan fingerprint density at radius 1 is 1.33 bits per heavy atom. The van der Waals surface area contributed by atoms with Crippen LogP contribution in [0.15, 0.2) is 0 Å². The molecular formula is C14H25F3N2O2. The zero-order valence-corrected chi connectivity index (χ0v) is 13.0. The third-order valence-corrected chi connectivity index (χ3v) is 4.31. The summed E-state index contributed by atoms with van der Waals surface area (Å²) in [7, 11) is 1.43. The van der Waals surface area contributed by atoms with E-state index in [1.54, 1.807) is 11.8 Å². The van der Waals surface area contributed by atoms with Crippen molar-refractivity contribution in [3.63, 3.8) is 0 Å². The summed E-state index contributed by atoms with van der Waals surface area (Å²) in [5.41, 5.74) is 0. The van der Waals surface area contributed by atoms with Gasteiger partial charge in [-0.05, 0) is 47.1 Å². The molecule has 4 nitrogen and oxygen atoms in total. The Morgan fingerprint density at radius 3 is 2.24 bits per heavy atom. The number of piperidine rings is 1. The molecule has 0 aromatic carbocycles. The van der Waals surface area contributed by atoms with Gasteiger partial charge in [0.15, 0.2) is 6.10 Å². The Bertz CT molecular complexity index is 353. The van der Waals surface area contributed by atoms with Crippen LogP contribution >= 0.6 is 0 Å². The summed E-state index contributed by atoms with van der Waals surface area (Å²) in [6.07, 6.45) is -4.21. The molecule has 1 fully saturated rings. The zero-order chi connectivity index (χ0) is 16.4. The lowest BCUT2D eigenvalue weighted by molar-refractivity contribution is -0.208. The van der Waals surface area contributed by atoms with E-state index in [0.717, 1.165) is 19.3 Å². The number of aliphatic hydroxyl groups excluding tert-OH is 1. The minimum Gasteiger partial charge on any atom is -0.382 e. The van der Waals surface area contributed by atoms with E-state index in [4.69, 9.17) is 5.11 Å². The summed E-state index contributed by atoms with van der Waals surface area (Å²) in [6.45, 7) is 4.90. The van der Waals surface area contributed by atoms with Crippen molar-refractivity contribution in [2.75, 3.05) is 13.6 Å². The summed E-state index contributed by atoms with van der Waals surface area (Å²) in [5.74, 6) is -0.174. The van der Waals surface area contributed by atoms with Crippen molar-refractivity contribution in [2.45, 2.75) is 70.4 Å². The predicted octanol–water partition coefficient (Wildman–Crippen LogP) is 2.02. The number of hydrogen-bond acceptors (Lipinski definition) is 3. The maximum Gasteiger partial charge on any atom is 0.415 e.